The molecule has 0 aliphatic carbocycles. The molecule has 0 radical (unpaired) electrons. The second-order valence-electron chi connectivity index (χ2n) is 9.68. The molecule has 0 bridgehead atoms. The van der Waals surface area contributed by atoms with Crippen LogP contribution in [-0.2, 0) is 4.74 Å². The maximum absolute atomic E-state index is 10.7. The first-order valence-electron chi connectivity index (χ1n) is 12.9. The number of benzene rings is 3. The van der Waals surface area contributed by atoms with Gasteiger partial charge in [-0.3, -0.25) is 5.32 Å². The normalized spacial score (nSPS) is 16.1. The Morgan fingerprint density at radius 1 is 1.03 bits per heavy atom. The first-order chi connectivity index (χ1) is 18.5. The molecular weight excluding hydrogens is 519 g/mol. The maximum Gasteiger partial charge on any atom is 0.181 e. The Labute approximate surface area is 235 Å². The molecule has 0 aromatic heterocycles. The van der Waals surface area contributed by atoms with Crippen molar-refractivity contribution < 1.29 is 9.84 Å². The summed E-state index contributed by atoms with van der Waals surface area (Å²) in [4.78, 5) is 2.45. The maximum atomic E-state index is 10.7. The van der Waals surface area contributed by atoms with Gasteiger partial charge in [0, 0.05) is 25.9 Å². The van der Waals surface area contributed by atoms with E-state index in [-0.39, 0.29) is 5.92 Å². The number of aliphatic hydroxyl groups is 1. The molecule has 200 valence electrons. The zero-order valence-corrected chi connectivity index (χ0v) is 23.1. The van der Waals surface area contributed by atoms with Crippen LogP contribution in [0, 0.1) is 17.2 Å². The highest BCUT2D eigenvalue weighted by Crippen LogP contribution is 2.34. The molecular formula is C30H34Cl2N4O2. The Balaban J connectivity index is 1.47. The lowest BCUT2D eigenvalue weighted by Gasteiger charge is -2.37. The predicted molar refractivity (Wildman–Crippen MR) is 154 cm³/mol. The van der Waals surface area contributed by atoms with Gasteiger partial charge in [0.2, 0.25) is 0 Å². The van der Waals surface area contributed by atoms with Crippen molar-refractivity contribution in [2.75, 3.05) is 45.2 Å². The van der Waals surface area contributed by atoms with E-state index < -0.39 is 6.35 Å². The fourth-order valence-corrected chi connectivity index (χ4v) is 5.38. The Hall–Kier alpha value is -2.63. The van der Waals surface area contributed by atoms with Crippen molar-refractivity contribution in [2.24, 2.45) is 5.92 Å². The smallest absolute Gasteiger partial charge is 0.181 e. The van der Waals surface area contributed by atoms with Gasteiger partial charge in [-0.25, -0.2) is 0 Å². The number of halogens is 2. The highest BCUT2D eigenvalue weighted by Gasteiger charge is 2.28. The molecule has 3 aromatic carbocycles. The minimum atomic E-state index is -0.940. The predicted octanol–water partition coefficient (Wildman–Crippen LogP) is 5.95. The molecule has 6 nitrogen and oxygen atoms in total. The molecule has 0 saturated carbocycles. The topological polar surface area (TPSA) is 80.6 Å². The Bertz CT molecular complexity index is 1220. The van der Waals surface area contributed by atoms with Crippen molar-refractivity contribution in [1.82, 2.24) is 10.2 Å². The number of rotatable bonds is 11. The number of aliphatic hydroxyl groups excluding tert-OH is 1. The number of nitriles is 1. The number of hydrogen-bond acceptors (Lipinski definition) is 6. The molecule has 2 atom stereocenters. The number of piperidine rings is 1. The molecule has 3 aromatic rings. The van der Waals surface area contributed by atoms with Crippen molar-refractivity contribution in [1.29, 1.82) is 5.26 Å². The van der Waals surface area contributed by atoms with Crippen LogP contribution in [-0.4, -0.2) is 56.3 Å². The molecule has 38 heavy (non-hydrogen) atoms. The van der Waals surface area contributed by atoms with Crippen LogP contribution in [0.5, 0.6) is 0 Å². The fourth-order valence-electron chi connectivity index (χ4n) is 5.08. The van der Waals surface area contributed by atoms with E-state index in [0.717, 1.165) is 50.2 Å². The third kappa shape index (κ3) is 7.70. The quantitative estimate of drug-likeness (QED) is 0.255. The minimum absolute atomic E-state index is 0.226. The summed E-state index contributed by atoms with van der Waals surface area (Å²) in [6.45, 7) is 4.38. The summed E-state index contributed by atoms with van der Waals surface area (Å²) in [5.41, 5.74) is 4.67. The zero-order valence-electron chi connectivity index (χ0n) is 21.5. The van der Waals surface area contributed by atoms with E-state index in [1.54, 1.807) is 25.3 Å². The van der Waals surface area contributed by atoms with Crippen molar-refractivity contribution in [2.45, 2.75) is 25.1 Å². The van der Waals surface area contributed by atoms with E-state index in [1.807, 2.05) is 24.3 Å². The van der Waals surface area contributed by atoms with Gasteiger partial charge in [0.1, 0.15) is 0 Å². The first-order valence-corrected chi connectivity index (χ1v) is 13.7. The van der Waals surface area contributed by atoms with E-state index in [2.05, 4.69) is 45.9 Å². The van der Waals surface area contributed by atoms with Gasteiger partial charge in [-0.05, 0) is 84.8 Å². The van der Waals surface area contributed by atoms with Crippen LogP contribution < -0.4 is 10.6 Å². The van der Waals surface area contributed by atoms with Gasteiger partial charge in [0.05, 0.1) is 28.3 Å². The van der Waals surface area contributed by atoms with Crippen LogP contribution >= 0.6 is 23.2 Å². The Kier molecular flexibility index (Phi) is 10.4. The first kappa shape index (κ1) is 28.4. The summed E-state index contributed by atoms with van der Waals surface area (Å²) in [6, 6.07) is 23.7. The summed E-state index contributed by atoms with van der Waals surface area (Å²) in [6.07, 6.45) is 1.22. The van der Waals surface area contributed by atoms with Crippen molar-refractivity contribution >= 4 is 28.9 Å². The van der Waals surface area contributed by atoms with E-state index in [4.69, 9.17) is 27.9 Å². The van der Waals surface area contributed by atoms with Crippen LogP contribution in [0.3, 0.4) is 0 Å². The molecule has 4 rings (SSSR count). The largest absolute Gasteiger partial charge is 0.383 e. The lowest BCUT2D eigenvalue weighted by molar-refractivity contribution is 0.109. The summed E-state index contributed by atoms with van der Waals surface area (Å²) in [7, 11) is 1.74. The van der Waals surface area contributed by atoms with E-state index in [0.29, 0.717) is 33.8 Å². The molecule has 0 amide bonds. The van der Waals surface area contributed by atoms with Gasteiger partial charge in [0.15, 0.2) is 6.35 Å². The fraction of sp³-hybridized carbons (Fsp3) is 0.367. The van der Waals surface area contributed by atoms with Crippen LogP contribution in [0.15, 0.2) is 66.7 Å². The molecule has 8 heteroatoms. The number of hydrogen-bond donors (Lipinski definition) is 3. The Morgan fingerprint density at radius 2 is 1.79 bits per heavy atom. The SMILES string of the molecule is COCCN1CCC(C(CN[C@@H](O)Nc2ccc(Cl)c(Cl)c2)c2ccc(-c3cccc(C#N)c3)cc2)CC1. The molecule has 1 aliphatic heterocycles. The monoisotopic (exact) mass is 552 g/mol. The van der Waals surface area contributed by atoms with E-state index in [1.165, 1.54) is 5.56 Å². The summed E-state index contributed by atoms with van der Waals surface area (Å²) < 4.78 is 5.26. The molecule has 1 heterocycles. The molecule has 1 fully saturated rings. The van der Waals surface area contributed by atoms with Gasteiger partial charge >= 0.3 is 0 Å². The number of anilines is 1. The van der Waals surface area contributed by atoms with Crippen LogP contribution in [0.2, 0.25) is 10.0 Å². The number of methoxy groups -OCH3 is 1. The molecule has 1 unspecified atom stereocenters. The van der Waals surface area contributed by atoms with Gasteiger partial charge < -0.3 is 20.1 Å². The number of nitrogens with one attached hydrogen (secondary N) is 2. The average Bonchev–Trinajstić information content (AvgIpc) is 2.95. The molecule has 1 aliphatic rings. The highest BCUT2D eigenvalue weighted by atomic mass is 35.5. The number of nitrogens with zero attached hydrogens (tertiary/aromatic N) is 2. The standard InChI is InChI=1S/C30H34Cl2N4O2/c1-38-16-15-36-13-11-24(12-14-36)27(20-34-30(37)35-26-9-10-28(31)29(32)18-26)23-7-5-22(6-8-23)25-4-2-3-21(17-25)19-33/h2-10,17-18,24,27,30,34-35,37H,11-16,20H2,1H3/t27?,30-/m1/s1. The third-order valence-electron chi connectivity index (χ3n) is 7.23. The van der Waals surface area contributed by atoms with Crippen molar-refractivity contribution in [3.05, 3.63) is 87.9 Å². The van der Waals surface area contributed by atoms with E-state index in [9.17, 15) is 10.4 Å². The lowest BCUT2D eigenvalue weighted by Crippen LogP contribution is -2.42. The zero-order chi connectivity index (χ0) is 26.9. The lowest BCUT2D eigenvalue weighted by atomic mass is 9.79. The van der Waals surface area contributed by atoms with Crippen LogP contribution in [0.1, 0.15) is 29.9 Å². The summed E-state index contributed by atoms with van der Waals surface area (Å²) in [5, 5.41) is 27.2. The van der Waals surface area contributed by atoms with Crippen molar-refractivity contribution in [3.8, 4) is 17.2 Å². The van der Waals surface area contributed by atoms with Gasteiger partial charge in [-0.15, -0.1) is 0 Å². The van der Waals surface area contributed by atoms with Gasteiger partial charge in [-0.1, -0.05) is 59.6 Å². The highest BCUT2D eigenvalue weighted by molar-refractivity contribution is 6.42. The van der Waals surface area contributed by atoms with Crippen LogP contribution in [0.4, 0.5) is 5.69 Å². The van der Waals surface area contributed by atoms with Crippen LogP contribution in [0.25, 0.3) is 11.1 Å². The molecule has 3 N–H and O–H groups in total. The summed E-state index contributed by atoms with van der Waals surface area (Å²) in [5.74, 6) is 0.704. The van der Waals surface area contributed by atoms with Gasteiger partial charge in [-0.2, -0.15) is 5.26 Å². The van der Waals surface area contributed by atoms with Crippen molar-refractivity contribution in [3.63, 3.8) is 0 Å². The third-order valence-corrected chi connectivity index (χ3v) is 7.97. The second kappa shape index (κ2) is 14.0. The minimum Gasteiger partial charge on any atom is -0.383 e. The molecule has 1 saturated heterocycles. The second-order valence-corrected chi connectivity index (χ2v) is 10.5. The van der Waals surface area contributed by atoms with Gasteiger partial charge in [0.25, 0.3) is 0 Å². The average molecular weight is 554 g/mol. The van der Waals surface area contributed by atoms with E-state index >= 15 is 0 Å². The molecule has 0 spiro atoms. The number of likely N-dealkylation sites (tertiary alicyclic amines) is 1. The Morgan fingerprint density at radius 3 is 2.47 bits per heavy atom. The number of ether oxygens (including phenoxy) is 1. The summed E-state index contributed by atoms with van der Waals surface area (Å²) >= 11 is 12.1.